The molecule has 1 atom stereocenters. The molecule has 0 aliphatic heterocycles. The molecule has 0 fully saturated rings. The van der Waals surface area contributed by atoms with Crippen LogP contribution in [0.5, 0.6) is 11.5 Å². The van der Waals surface area contributed by atoms with Gasteiger partial charge in [-0.25, -0.2) is 0 Å². The second-order valence-electron chi connectivity index (χ2n) is 7.37. The zero-order valence-electron chi connectivity index (χ0n) is 17.9. The van der Waals surface area contributed by atoms with Gasteiger partial charge in [-0.1, -0.05) is 55.8 Å². The van der Waals surface area contributed by atoms with Crippen LogP contribution in [-0.4, -0.2) is 19.1 Å². The average molecular weight is 404 g/mol. The first-order chi connectivity index (χ1) is 14.6. The van der Waals surface area contributed by atoms with E-state index in [9.17, 15) is 4.79 Å². The van der Waals surface area contributed by atoms with E-state index >= 15 is 0 Å². The van der Waals surface area contributed by atoms with E-state index in [1.165, 1.54) is 5.56 Å². The zero-order valence-corrected chi connectivity index (χ0v) is 17.9. The van der Waals surface area contributed by atoms with Crippen LogP contribution in [0.25, 0.3) is 11.1 Å². The molecule has 0 unspecified atom stereocenters. The van der Waals surface area contributed by atoms with Gasteiger partial charge in [-0.15, -0.1) is 0 Å². The molecule has 0 bridgehead atoms. The van der Waals surface area contributed by atoms with Gasteiger partial charge in [0.25, 0.3) is 5.91 Å². The molecule has 0 saturated heterocycles. The number of carbonyl (C=O) groups excluding carboxylic acids is 1. The molecule has 1 amide bonds. The Balaban J connectivity index is 1.68. The van der Waals surface area contributed by atoms with E-state index < -0.39 is 0 Å². The van der Waals surface area contributed by atoms with Gasteiger partial charge < -0.3 is 14.8 Å². The van der Waals surface area contributed by atoms with Crippen LogP contribution in [0.4, 0.5) is 0 Å². The molecular formula is C26H29NO3. The van der Waals surface area contributed by atoms with E-state index in [-0.39, 0.29) is 11.9 Å². The van der Waals surface area contributed by atoms with Crippen LogP contribution >= 0.6 is 0 Å². The standard InChI is InChI=1S/C26H29NO3/c1-4-8-19(2)27-26(28)22-13-16-25(29-3)23(17-22)18-30-24-14-11-21(12-15-24)20-9-6-5-7-10-20/h5-7,9-17,19H,4,8,18H2,1-3H3,(H,27,28)/t19-/m0/s1. The summed E-state index contributed by atoms with van der Waals surface area (Å²) in [5, 5.41) is 3.04. The van der Waals surface area contributed by atoms with E-state index in [0.29, 0.717) is 17.9 Å². The van der Waals surface area contributed by atoms with E-state index in [1.54, 1.807) is 13.2 Å². The smallest absolute Gasteiger partial charge is 0.251 e. The Kier molecular flexibility index (Phi) is 7.50. The lowest BCUT2D eigenvalue weighted by Gasteiger charge is -2.15. The van der Waals surface area contributed by atoms with Gasteiger partial charge in [0.15, 0.2) is 0 Å². The second-order valence-corrected chi connectivity index (χ2v) is 7.37. The number of nitrogens with one attached hydrogen (secondary N) is 1. The molecule has 0 radical (unpaired) electrons. The Morgan fingerprint density at radius 2 is 1.67 bits per heavy atom. The molecule has 4 heteroatoms. The summed E-state index contributed by atoms with van der Waals surface area (Å²) < 4.78 is 11.4. The van der Waals surface area contributed by atoms with Crippen molar-refractivity contribution in [3.8, 4) is 22.6 Å². The summed E-state index contributed by atoms with van der Waals surface area (Å²) >= 11 is 0. The van der Waals surface area contributed by atoms with Crippen LogP contribution in [0.3, 0.4) is 0 Å². The fraction of sp³-hybridized carbons (Fsp3) is 0.269. The number of methoxy groups -OCH3 is 1. The molecule has 30 heavy (non-hydrogen) atoms. The van der Waals surface area contributed by atoms with Gasteiger partial charge >= 0.3 is 0 Å². The third kappa shape index (κ3) is 5.63. The summed E-state index contributed by atoms with van der Waals surface area (Å²) in [7, 11) is 1.62. The van der Waals surface area contributed by atoms with Crippen LogP contribution in [0, 0.1) is 0 Å². The minimum absolute atomic E-state index is 0.0768. The summed E-state index contributed by atoms with van der Waals surface area (Å²) in [6.07, 6.45) is 1.99. The van der Waals surface area contributed by atoms with E-state index in [1.807, 2.05) is 61.5 Å². The van der Waals surface area contributed by atoms with Crippen LogP contribution in [0.2, 0.25) is 0 Å². The lowest BCUT2D eigenvalue weighted by molar-refractivity contribution is 0.0938. The number of amides is 1. The topological polar surface area (TPSA) is 47.6 Å². The molecule has 0 saturated carbocycles. The number of benzene rings is 3. The molecule has 0 aliphatic carbocycles. The monoisotopic (exact) mass is 403 g/mol. The Morgan fingerprint density at radius 1 is 0.967 bits per heavy atom. The van der Waals surface area contributed by atoms with Crippen LogP contribution in [0.15, 0.2) is 72.8 Å². The van der Waals surface area contributed by atoms with Crippen molar-refractivity contribution in [3.63, 3.8) is 0 Å². The van der Waals surface area contributed by atoms with Crippen molar-refractivity contribution in [2.45, 2.75) is 39.3 Å². The summed E-state index contributed by atoms with van der Waals surface area (Å²) in [6, 6.07) is 23.8. The normalized spacial score (nSPS) is 11.6. The predicted molar refractivity (Wildman–Crippen MR) is 121 cm³/mol. The first-order valence-corrected chi connectivity index (χ1v) is 10.4. The SMILES string of the molecule is CCC[C@H](C)NC(=O)c1ccc(OC)c(COc2ccc(-c3ccccc3)cc2)c1. The number of hydrogen-bond acceptors (Lipinski definition) is 3. The first kappa shape index (κ1) is 21.4. The summed E-state index contributed by atoms with van der Waals surface area (Å²) in [6.45, 7) is 4.45. The van der Waals surface area contributed by atoms with E-state index in [0.717, 1.165) is 29.7 Å². The minimum Gasteiger partial charge on any atom is -0.496 e. The van der Waals surface area contributed by atoms with Gasteiger partial charge in [0, 0.05) is 17.2 Å². The van der Waals surface area contributed by atoms with Crippen molar-refractivity contribution in [1.29, 1.82) is 0 Å². The minimum atomic E-state index is -0.0768. The van der Waals surface area contributed by atoms with Crippen molar-refractivity contribution in [2.24, 2.45) is 0 Å². The maximum atomic E-state index is 12.5. The van der Waals surface area contributed by atoms with E-state index in [2.05, 4.69) is 24.4 Å². The molecule has 0 aromatic heterocycles. The van der Waals surface area contributed by atoms with Gasteiger partial charge in [-0.2, -0.15) is 0 Å². The first-order valence-electron chi connectivity index (χ1n) is 10.4. The summed E-state index contributed by atoms with van der Waals surface area (Å²) in [5.41, 5.74) is 3.75. The predicted octanol–water partition coefficient (Wildman–Crippen LogP) is 5.86. The third-order valence-electron chi connectivity index (χ3n) is 5.00. The molecule has 0 heterocycles. The average Bonchev–Trinajstić information content (AvgIpc) is 2.78. The van der Waals surface area contributed by atoms with Crippen LogP contribution in [-0.2, 0) is 6.61 Å². The Bertz CT molecular complexity index is 952. The van der Waals surface area contributed by atoms with Crippen molar-refractivity contribution < 1.29 is 14.3 Å². The third-order valence-corrected chi connectivity index (χ3v) is 5.00. The number of carbonyl (C=O) groups is 1. The van der Waals surface area contributed by atoms with E-state index in [4.69, 9.17) is 9.47 Å². The maximum Gasteiger partial charge on any atom is 0.251 e. The van der Waals surface area contributed by atoms with Gasteiger partial charge in [0.2, 0.25) is 0 Å². The lowest BCUT2D eigenvalue weighted by Crippen LogP contribution is -2.32. The quantitative estimate of drug-likeness (QED) is 0.487. The number of rotatable bonds is 9. The van der Waals surface area contributed by atoms with Gasteiger partial charge in [-0.05, 0) is 54.8 Å². The molecule has 0 spiro atoms. The molecule has 4 nitrogen and oxygen atoms in total. The highest BCUT2D eigenvalue weighted by Gasteiger charge is 2.13. The highest BCUT2D eigenvalue weighted by molar-refractivity contribution is 5.94. The van der Waals surface area contributed by atoms with Crippen LogP contribution < -0.4 is 14.8 Å². The highest BCUT2D eigenvalue weighted by Crippen LogP contribution is 2.25. The number of ether oxygens (including phenoxy) is 2. The zero-order chi connectivity index (χ0) is 21.3. The molecular weight excluding hydrogens is 374 g/mol. The number of hydrogen-bond donors (Lipinski definition) is 1. The fourth-order valence-electron chi connectivity index (χ4n) is 3.38. The Hall–Kier alpha value is -3.27. The molecule has 3 aromatic carbocycles. The molecule has 3 rings (SSSR count). The molecule has 1 N–H and O–H groups in total. The largest absolute Gasteiger partial charge is 0.496 e. The van der Waals surface area contributed by atoms with Crippen molar-refractivity contribution in [2.75, 3.05) is 7.11 Å². The second kappa shape index (κ2) is 10.5. The van der Waals surface area contributed by atoms with Crippen molar-refractivity contribution in [3.05, 3.63) is 83.9 Å². The molecule has 3 aromatic rings. The Labute approximate surface area is 178 Å². The summed E-state index contributed by atoms with van der Waals surface area (Å²) in [4.78, 5) is 12.5. The summed E-state index contributed by atoms with van der Waals surface area (Å²) in [5.74, 6) is 1.39. The Morgan fingerprint density at radius 3 is 2.33 bits per heavy atom. The highest BCUT2D eigenvalue weighted by atomic mass is 16.5. The molecule has 0 aliphatic rings. The fourth-order valence-corrected chi connectivity index (χ4v) is 3.38. The van der Waals surface area contributed by atoms with Gasteiger partial charge in [-0.3, -0.25) is 4.79 Å². The lowest BCUT2D eigenvalue weighted by atomic mass is 10.1. The van der Waals surface area contributed by atoms with Gasteiger partial charge in [0.1, 0.15) is 18.1 Å². The van der Waals surface area contributed by atoms with Crippen molar-refractivity contribution >= 4 is 5.91 Å². The maximum absolute atomic E-state index is 12.5. The van der Waals surface area contributed by atoms with Crippen LogP contribution in [0.1, 0.15) is 42.6 Å². The van der Waals surface area contributed by atoms with Gasteiger partial charge in [0.05, 0.1) is 7.11 Å². The molecule has 156 valence electrons. The van der Waals surface area contributed by atoms with Crippen molar-refractivity contribution in [1.82, 2.24) is 5.32 Å².